The topological polar surface area (TPSA) is 3.24 Å². The monoisotopic (exact) mass is 339 g/mol. The molecule has 0 bridgehead atoms. The van der Waals surface area contributed by atoms with Crippen LogP contribution in [0.4, 0.5) is 5.69 Å². The molecule has 2 unspecified atom stereocenters. The van der Waals surface area contributed by atoms with Crippen LogP contribution in [0.15, 0.2) is 96.1 Å². The maximum absolute atomic E-state index is 2.43. The lowest BCUT2D eigenvalue weighted by molar-refractivity contribution is 0.718. The second-order valence-corrected chi connectivity index (χ2v) is 6.99. The molecule has 0 amide bonds. The molecule has 2 aromatic rings. The molecular weight excluding hydrogens is 314 g/mol. The fourth-order valence-corrected chi connectivity index (χ4v) is 4.14. The Balaban J connectivity index is 1.71. The summed E-state index contributed by atoms with van der Waals surface area (Å²) in [6.45, 7) is 4.18. The molecule has 0 radical (unpaired) electrons. The van der Waals surface area contributed by atoms with Crippen molar-refractivity contribution in [3.8, 4) is 11.1 Å². The number of rotatable bonds is 3. The lowest BCUT2D eigenvalue weighted by Crippen LogP contribution is -2.29. The predicted molar refractivity (Wildman–Crippen MR) is 113 cm³/mol. The highest BCUT2D eigenvalue weighted by Crippen LogP contribution is 2.45. The molecule has 2 atom stereocenters. The third kappa shape index (κ3) is 2.74. The van der Waals surface area contributed by atoms with E-state index >= 15 is 0 Å². The van der Waals surface area contributed by atoms with Crippen molar-refractivity contribution >= 4 is 5.69 Å². The van der Waals surface area contributed by atoms with E-state index in [0.717, 1.165) is 0 Å². The summed E-state index contributed by atoms with van der Waals surface area (Å²) in [7, 11) is 2.22. The zero-order chi connectivity index (χ0) is 18.1. The first kappa shape index (κ1) is 16.7. The van der Waals surface area contributed by atoms with Crippen LogP contribution >= 0.6 is 0 Å². The van der Waals surface area contributed by atoms with E-state index in [1.54, 1.807) is 0 Å². The lowest BCUT2D eigenvalue weighted by atomic mass is 9.86. The van der Waals surface area contributed by atoms with Crippen molar-refractivity contribution < 1.29 is 0 Å². The van der Waals surface area contributed by atoms with Crippen LogP contribution in [0.2, 0.25) is 0 Å². The van der Waals surface area contributed by atoms with Gasteiger partial charge in [-0.15, -0.1) is 0 Å². The third-order valence-electron chi connectivity index (χ3n) is 5.52. The second kappa shape index (κ2) is 6.84. The molecule has 0 spiro atoms. The summed E-state index contributed by atoms with van der Waals surface area (Å²) in [5.74, 6) is 0.437. The van der Waals surface area contributed by atoms with E-state index in [1.807, 2.05) is 0 Å². The predicted octanol–water partition coefficient (Wildman–Crippen LogP) is 6.27. The molecule has 1 aliphatic heterocycles. The van der Waals surface area contributed by atoms with E-state index in [1.165, 1.54) is 33.5 Å². The molecule has 0 saturated carbocycles. The fraction of sp³-hybridized carbons (Fsp3) is 0.200. The number of anilines is 1. The van der Waals surface area contributed by atoms with Gasteiger partial charge in [0.05, 0.1) is 6.04 Å². The summed E-state index contributed by atoms with van der Waals surface area (Å²) in [5.41, 5.74) is 7.93. The van der Waals surface area contributed by atoms with Crippen molar-refractivity contribution in [3.63, 3.8) is 0 Å². The second-order valence-electron chi connectivity index (χ2n) is 6.99. The molecular formula is C25H25N. The summed E-state index contributed by atoms with van der Waals surface area (Å²) in [6, 6.07) is 17.9. The lowest BCUT2D eigenvalue weighted by Gasteiger charge is -2.26. The molecule has 2 aliphatic rings. The quantitative estimate of drug-likeness (QED) is 0.595. The largest absolute Gasteiger partial charge is 0.367 e. The van der Waals surface area contributed by atoms with Gasteiger partial charge in [-0.2, -0.15) is 0 Å². The van der Waals surface area contributed by atoms with E-state index in [-0.39, 0.29) is 0 Å². The molecule has 1 heterocycles. The van der Waals surface area contributed by atoms with Crippen LogP contribution < -0.4 is 4.90 Å². The molecule has 0 fully saturated rings. The smallest absolute Gasteiger partial charge is 0.0583 e. The Morgan fingerprint density at radius 2 is 1.81 bits per heavy atom. The summed E-state index contributed by atoms with van der Waals surface area (Å²) < 4.78 is 0. The van der Waals surface area contributed by atoms with Crippen molar-refractivity contribution in [1.82, 2.24) is 0 Å². The Morgan fingerprint density at radius 3 is 2.54 bits per heavy atom. The average Bonchev–Trinajstić information content (AvgIpc) is 2.98. The number of likely N-dealkylation sites (N-methyl/N-ethyl adjacent to an activating group) is 1. The maximum Gasteiger partial charge on any atom is 0.0583 e. The Kier molecular flexibility index (Phi) is 4.38. The van der Waals surface area contributed by atoms with Gasteiger partial charge < -0.3 is 4.90 Å². The van der Waals surface area contributed by atoms with Gasteiger partial charge >= 0.3 is 0 Å². The normalized spacial score (nSPS) is 21.7. The Bertz CT molecular complexity index is 928. The van der Waals surface area contributed by atoms with Crippen molar-refractivity contribution in [1.29, 1.82) is 0 Å². The minimum absolute atomic E-state index is 0.385. The zero-order valence-electron chi connectivity index (χ0n) is 15.7. The first-order valence-corrected chi connectivity index (χ1v) is 9.34. The van der Waals surface area contributed by atoms with Gasteiger partial charge in [0.25, 0.3) is 0 Å². The molecule has 0 saturated heterocycles. The molecule has 1 aliphatic carbocycles. The van der Waals surface area contributed by atoms with Gasteiger partial charge in [-0.3, -0.25) is 0 Å². The molecule has 4 rings (SSSR count). The third-order valence-corrected chi connectivity index (χ3v) is 5.52. The van der Waals surface area contributed by atoms with Crippen LogP contribution in [0.5, 0.6) is 0 Å². The van der Waals surface area contributed by atoms with E-state index in [2.05, 4.69) is 111 Å². The molecule has 1 heteroatoms. The Hall–Kier alpha value is -2.80. The molecule has 26 heavy (non-hydrogen) atoms. The first-order valence-electron chi connectivity index (χ1n) is 9.34. The molecule has 0 aromatic heterocycles. The number of hydrogen-bond donors (Lipinski definition) is 0. The van der Waals surface area contributed by atoms with Crippen molar-refractivity contribution in [2.24, 2.45) is 0 Å². The summed E-state index contributed by atoms with van der Waals surface area (Å²) in [4.78, 5) is 2.43. The van der Waals surface area contributed by atoms with Crippen LogP contribution in [0.1, 0.15) is 25.3 Å². The Labute approximate surface area is 156 Å². The van der Waals surface area contributed by atoms with Crippen LogP contribution in [0.3, 0.4) is 0 Å². The number of fused-ring (bicyclic) bond motifs is 3. The SMILES string of the molecule is CC=CC(=CC)C1=CC2C(C=C1)c1ccc(-c3ccccc3)cc1N2C. The van der Waals surface area contributed by atoms with E-state index in [0.29, 0.717) is 12.0 Å². The van der Waals surface area contributed by atoms with Gasteiger partial charge in [-0.05, 0) is 47.8 Å². The van der Waals surface area contributed by atoms with Crippen LogP contribution in [0, 0.1) is 0 Å². The van der Waals surface area contributed by atoms with Gasteiger partial charge in [0.1, 0.15) is 0 Å². The summed E-state index contributed by atoms with van der Waals surface area (Å²) in [6.07, 6.45) is 13.6. The minimum Gasteiger partial charge on any atom is -0.367 e. The zero-order valence-corrected chi connectivity index (χ0v) is 15.7. The van der Waals surface area contributed by atoms with Gasteiger partial charge in [0.15, 0.2) is 0 Å². The van der Waals surface area contributed by atoms with Crippen LogP contribution in [0.25, 0.3) is 11.1 Å². The highest BCUT2D eigenvalue weighted by Gasteiger charge is 2.35. The first-order chi connectivity index (χ1) is 12.7. The fourth-order valence-electron chi connectivity index (χ4n) is 4.14. The number of benzene rings is 2. The minimum atomic E-state index is 0.385. The average molecular weight is 339 g/mol. The van der Waals surface area contributed by atoms with Gasteiger partial charge in [0, 0.05) is 18.7 Å². The number of nitrogens with zero attached hydrogens (tertiary/aromatic N) is 1. The maximum atomic E-state index is 2.43. The number of hydrogen-bond acceptors (Lipinski definition) is 1. The van der Waals surface area contributed by atoms with Crippen LogP contribution in [-0.2, 0) is 0 Å². The highest BCUT2D eigenvalue weighted by atomic mass is 15.2. The van der Waals surface area contributed by atoms with Crippen molar-refractivity contribution in [2.75, 3.05) is 11.9 Å². The highest BCUT2D eigenvalue weighted by molar-refractivity contribution is 5.75. The van der Waals surface area contributed by atoms with E-state index in [4.69, 9.17) is 0 Å². The van der Waals surface area contributed by atoms with Crippen molar-refractivity contribution in [3.05, 3.63) is 102 Å². The molecule has 0 N–H and O–H groups in total. The van der Waals surface area contributed by atoms with Gasteiger partial charge in [-0.25, -0.2) is 0 Å². The molecule has 1 nitrogen and oxygen atoms in total. The summed E-state index contributed by atoms with van der Waals surface area (Å²) >= 11 is 0. The van der Waals surface area contributed by atoms with E-state index in [9.17, 15) is 0 Å². The molecule has 130 valence electrons. The summed E-state index contributed by atoms with van der Waals surface area (Å²) in [5, 5.41) is 0. The number of allylic oxidation sites excluding steroid dienone is 6. The molecule has 2 aromatic carbocycles. The van der Waals surface area contributed by atoms with Gasteiger partial charge in [-0.1, -0.05) is 78.9 Å². The van der Waals surface area contributed by atoms with Crippen LogP contribution in [-0.4, -0.2) is 13.1 Å². The van der Waals surface area contributed by atoms with E-state index < -0.39 is 0 Å². The standard InChI is InChI=1S/C25H25N/c1-4-9-18(5-2)20-12-14-22-23-15-13-21(19-10-7-6-8-11-19)17-25(23)26(3)24(22)16-20/h4-17,22,24H,1-3H3. The van der Waals surface area contributed by atoms with Gasteiger partial charge in [0.2, 0.25) is 0 Å². The van der Waals surface area contributed by atoms with Crippen molar-refractivity contribution in [2.45, 2.75) is 25.8 Å². The Morgan fingerprint density at radius 1 is 1.00 bits per heavy atom.